The molecule has 2 aromatic heterocycles. The number of benzene rings is 1. The molecule has 0 saturated carbocycles. The topological polar surface area (TPSA) is 52.2 Å². The van der Waals surface area contributed by atoms with E-state index in [9.17, 15) is 4.79 Å². The highest BCUT2D eigenvalue weighted by molar-refractivity contribution is 5.81. The molecule has 26 heavy (non-hydrogen) atoms. The van der Waals surface area contributed by atoms with Gasteiger partial charge in [-0.2, -0.15) is 0 Å². The predicted molar refractivity (Wildman–Crippen MR) is 104 cm³/mol. The Morgan fingerprint density at radius 1 is 1.12 bits per heavy atom. The zero-order valence-corrected chi connectivity index (χ0v) is 15.1. The molecular weight excluding hydrogens is 324 g/mol. The summed E-state index contributed by atoms with van der Waals surface area (Å²) in [6, 6.07) is 14.4. The van der Waals surface area contributed by atoms with E-state index in [1.165, 1.54) is 5.56 Å². The second-order valence-corrected chi connectivity index (χ2v) is 6.99. The van der Waals surface area contributed by atoms with Crippen molar-refractivity contribution < 1.29 is 0 Å². The van der Waals surface area contributed by atoms with E-state index in [0.29, 0.717) is 6.04 Å². The minimum atomic E-state index is 0.00179. The third-order valence-electron chi connectivity index (χ3n) is 5.32. The molecular formula is C21H24N4O. The standard InChI is InChI=1S/C21H24N4O/c1-16(18-6-4-8-22-14-18)25-11-9-24(10-12-25)15-19-13-17-5-2-3-7-20(17)21(26)23-19/h2-8,13-14,16H,9-12,15H2,1H3,(H,23,26). The maximum Gasteiger partial charge on any atom is 0.256 e. The van der Waals surface area contributed by atoms with E-state index >= 15 is 0 Å². The molecule has 1 N–H and O–H groups in total. The van der Waals surface area contributed by atoms with E-state index in [1.807, 2.05) is 42.7 Å². The molecule has 5 nitrogen and oxygen atoms in total. The maximum absolute atomic E-state index is 12.3. The van der Waals surface area contributed by atoms with Crippen molar-refractivity contribution in [3.63, 3.8) is 0 Å². The first kappa shape index (κ1) is 16.9. The van der Waals surface area contributed by atoms with Gasteiger partial charge in [-0.15, -0.1) is 0 Å². The number of aromatic nitrogens is 2. The van der Waals surface area contributed by atoms with E-state index < -0.39 is 0 Å². The van der Waals surface area contributed by atoms with E-state index in [1.54, 1.807) is 0 Å². The molecule has 0 bridgehead atoms. The zero-order valence-electron chi connectivity index (χ0n) is 15.1. The van der Waals surface area contributed by atoms with Crippen LogP contribution in [0.2, 0.25) is 0 Å². The summed E-state index contributed by atoms with van der Waals surface area (Å²) >= 11 is 0. The number of piperazine rings is 1. The highest BCUT2D eigenvalue weighted by Crippen LogP contribution is 2.21. The van der Waals surface area contributed by atoms with Crippen molar-refractivity contribution in [2.75, 3.05) is 26.2 Å². The molecule has 4 rings (SSSR count). The Morgan fingerprint density at radius 3 is 2.69 bits per heavy atom. The van der Waals surface area contributed by atoms with Gasteiger partial charge in [0.2, 0.25) is 0 Å². The van der Waals surface area contributed by atoms with Crippen LogP contribution in [-0.4, -0.2) is 45.9 Å². The Bertz CT molecular complexity index is 929. The third kappa shape index (κ3) is 3.54. The van der Waals surface area contributed by atoms with Crippen LogP contribution in [0.3, 0.4) is 0 Å². The van der Waals surface area contributed by atoms with E-state index in [2.05, 4.69) is 38.8 Å². The summed E-state index contributed by atoms with van der Waals surface area (Å²) in [5.74, 6) is 0. The van der Waals surface area contributed by atoms with Gasteiger partial charge < -0.3 is 4.98 Å². The Balaban J connectivity index is 1.40. The lowest BCUT2D eigenvalue weighted by molar-refractivity contribution is 0.0969. The van der Waals surface area contributed by atoms with Crippen LogP contribution in [0.4, 0.5) is 0 Å². The normalized spacial score (nSPS) is 17.4. The lowest BCUT2D eigenvalue weighted by atomic mass is 10.1. The van der Waals surface area contributed by atoms with Crippen LogP contribution < -0.4 is 5.56 Å². The van der Waals surface area contributed by atoms with Crippen molar-refractivity contribution in [1.82, 2.24) is 19.8 Å². The van der Waals surface area contributed by atoms with E-state index in [0.717, 1.165) is 49.2 Å². The van der Waals surface area contributed by atoms with Gasteiger partial charge >= 0.3 is 0 Å². The van der Waals surface area contributed by atoms with Crippen molar-refractivity contribution in [2.45, 2.75) is 19.5 Å². The van der Waals surface area contributed by atoms with Crippen LogP contribution in [0, 0.1) is 0 Å². The van der Waals surface area contributed by atoms with Gasteiger partial charge in [0.1, 0.15) is 0 Å². The largest absolute Gasteiger partial charge is 0.324 e. The summed E-state index contributed by atoms with van der Waals surface area (Å²) in [4.78, 5) is 24.4. The number of H-pyrrole nitrogens is 1. The maximum atomic E-state index is 12.3. The van der Waals surface area contributed by atoms with Crippen LogP contribution in [-0.2, 0) is 6.54 Å². The van der Waals surface area contributed by atoms with Gasteiger partial charge in [-0.1, -0.05) is 24.3 Å². The summed E-state index contributed by atoms with van der Waals surface area (Å²) in [5, 5.41) is 1.77. The van der Waals surface area contributed by atoms with Crippen LogP contribution >= 0.6 is 0 Å². The van der Waals surface area contributed by atoms with Gasteiger partial charge in [0, 0.05) is 62.2 Å². The summed E-state index contributed by atoms with van der Waals surface area (Å²) in [6.07, 6.45) is 3.77. The van der Waals surface area contributed by atoms with E-state index in [-0.39, 0.29) is 5.56 Å². The summed E-state index contributed by atoms with van der Waals surface area (Å²) < 4.78 is 0. The predicted octanol–water partition coefficient (Wildman–Crippen LogP) is 2.80. The Labute approximate surface area is 153 Å². The lowest BCUT2D eigenvalue weighted by Gasteiger charge is -2.38. The van der Waals surface area contributed by atoms with Crippen LogP contribution in [0.1, 0.15) is 24.2 Å². The average molecular weight is 348 g/mol. The van der Waals surface area contributed by atoms with Crippen molar-refractivity contribution in [1.29, 1.82) is 0 Å². The molecule has 0 radical (unpaired) electrons. The number of nitrogens with zero attached hydrogens (tertiary/aromatic N) is 3. The summed E-state index contributed by atoms with van der Waals surface area (Å²) in [5.41, 5.74) is 2.25. The molecule has 134 valence electrons. The molecule has 3 heterocycles. The van der Waals surface area contributed by atoms with Gasteiger partial charge in [0.05, 0.1) is 0 Å². The smallest absolute Gasteiger partial charge is 0.256 e. The number of nitrogens with one attached hydrogen (secondary N) is 1. The average Bonchev–Trinajstić information content (AvgIpc) is 2.69. The molecule has 1 saturated heterocycles. The second-order valence-electron chi connectivity index (χ2n) is 6.99. The quantitative estimate of drug-likeness (QED) is 0.788. The zero-order chi connectivity index (χ0) is 17.9. The summed E-state index contributed by atoms with van der Waals surface area (Å²) in [6.45, 7) is 7.07. The molecule has 3 aromatic rings. The van der Waals surface area contributed by atoms with Gasteiger partial charge in [-0.25, -0.2) is 0 Å². The van der Waals surface area contributed by atoms with Crippen molar-refractivity contribution in [3.8, 4) is 0 Å². The molecule has 5 heteroatoms. The van der Waals surface area contributed by atoms with Crippen LogP contribution in [0.15, 0.2) is 59.7 Å². The summed E-state index contributed by atoms with van der Waals surface area (Å²) in [7, 11) is 0. The molecule has 1 aromatic carbocycles. The van der Waals surface area contributed by atoms with Crippen molar-refractivity contribution in [3.05, 3.63) is 76.5 Å². The fourth-order valence-electron chi connectivity index (χ4n) is 3.74. The number of aromatic amines is 1. The Morgan fingerprint density at radius 2 is 1.92 bits per heavy atom. The number of hydrogen-bond acceptors (Lipinski definition) is 4. The minimum absolute atomic E-state index is 0.00179. The molecule has 1 fully saturated rings. The Kier molecular flexibility index (Phi) is 4.82. The minimum Gasteiger partial charge on any atom is -0.324 e. The third-order valence-corrected chi connectivity index (χ3v) is 5.32. The first-order chi connectivity index (χ1) is 12.7. The fourth-order valence-corrected chi connectivity index (χ4v) is 3.74. The lowest BCUT2D eigenvalue weighted by Crippen LogP contribution is -2.46. The fraction of sp³-hybridized carbons (Fsp3) is 0.333. The molecule has 0 spiro atoms. The van der Waals surface area contributed by atoms with Crippen molar-refractivity contribution in [2.24, 2.45) is 0 Å². The van der Waals surface area contributed by atoms with Gasteiger partial charge in [-0.3, -0.25) is 19.6 Å². The highest BCUT2D eigenvalue weighted by atomic mass is 16.1. The molecule has 1 aliphatic rings. The van der Waals surface area contributed by atoms with Gasteiger partial charge in [0.25, 0.3) is 5.56 Å². The van der Waals surface area contributed by atoms with Crippen LogP contribution in [0.5, 0.6) is 0 Å². The number of hydrogen-bond donors (Lipinski definition) is 1. The molecule has 1 atom stereocenters. The molecule has 0 aliphatic carbocycles. The number of pyridine rings is 2. The van der Waals surface area contributed by atoms with Crippen LogP contribution in [0.25, 0.3) is 10.8 Å². The molecule has 1 aliphatic heterocycles. The highest BCUT2D eigenvalue weighted by Gasteiger charge is 2.22. The SMILES string of the molecule is CC(c1cccnc1)N1CCN(Cc2cc3ccccc3c(=O)[nH]2)CC1. The van der Waals surface area contributed by atoms with Gasteiger partial charge in [-0.05, 0) is 36.1 Å². The number of fused-ring (bicyclic) bond motifs is 1. The first-order valence-corrected chi connectivity index (χ1v) is 9.18. The first-order valence-electron chi connectivity index (χ1n) is 9.18. The molecule has 1 unspecified atom stereocenters. The molecule has 0 amide bonds. The van der Waals surface area contributed by atoms with E-state index in [4.69, 9.17) is 0 Å². The monoisotopic (exact) mass is 348 g/mol. The van der Waals surface area contributed by atoms with Gasteiger partial charge in [0.15, 0.2) is 0 Å². The van der Waals surface area contributed by atoms with Crippen molar-refractivity contribution >= 4 is 10.8 Å². The number of rotatable bonds is 4. The Hall–Kier alpha value is -2.50. The second kappa shape index (κ2) is 7.40.